The van der Waals surface area contributed by atoms with Gasteiger partial charge in [-0.1, -0.05) is 19.9 Å². The van der Waals surface area contributed by atoms with Crippen LogP contribution in [-0.2, 0) is 7.05 Å². The first-order valence-corrected chi connectivity index (χ1v) is 10.1. The van der Waals surface area contributed by atoms with Crippen LogP contribution in [0.1, 0.15) is 43.5 Å². The lowest BCUT2D eigenvalue weighted by Gasteiger charge is -2.34. The molecule has 1 aliphatic carbocycles. The minimum absolute atomic E-state index is 0.195. The molecule has 1 saturated heterocycles. The number of carbonyl (C=O) groups excluding carboxylic acids is 1. The largest absolute Gasteiger partial charge is 0.351 e. The standard InChI is InChI=1S/C22H31N3O/c1-16(2)21-15-25(12-5-11-24(21)14-17-8-9-17)22(26)19-6-4-7-20-18(19)10-13-23(20)3/h4,6-7,10,13,16-17,21H,5,8-9,11-12,14-15H2,1-3H3/t21-/m1/s1. The van der Waals surface area contributed by atoms with Gasteiger partial charge in [-0.25, -0.2) is 0 Å². The summed E-state index contributed by atoms with van der Waals surface area (Å²) < 4.78 is 2.09. The molecule has 1 aromatic heterocycles. The molecule has 4 nitrogen and oxygen atoms in total. The minimum Gasteiger partial charge on any atom is -0.351 e. The normalized spacial score (nSPS) is 22.2. The fourth-order valence-corrected chi connectivity index (χ4v) is 4.40. The van der Waals surface area contributed by atoms with Gasteiger partial charge in [-0.3, -0.25) is 9.69 Å². The SMILES string of the molecule is CC(C)[C@H]1CN(C(=O)c2cccc3c2ccn3C)CCCN1CC1CC1. The zero-order chi connectivity index (χ0) is 18.3. The Morgan fingerprint density at radius 3 is 2.73 bits per heavy atom. The van der Waals surface area contributed by atoms with Crippen molar-refractivity contribution in [3.63, 3.8) is 0 Å². The fraction of sp³-hybridized carbons (Fsp3) is 0.591. The number of rotatable bonds is 4. The summed E-state index contributed by atoms with van der Waals surface area (Å²) in [6.07, 6.45) is 5.89. The zero-order valence-corrected chi connectivity index (χ0v) is 16.3. The van der Waals surface area contributed by atoms with Gasteiger partial charge in [0.2, 0.25) is 0 Å². The van der Waals surface area contributed by atoms with Gasteiger partial charge in [-0.05, 0) is 49.3 Å². The Balaban J connectivity index is 1.58. The van der Waals surface area contributed by atoms with Crippen molar-refractivity contribution >= 4 is 16.8 Å². The Bertz CT molecular complexity index is 790. The Kier molecular flexibility index (Phi) is 4.78. The Labute approximate surface area is 156 Å². The number of fused-ring (bicyclic) bond motifs is 1. The number of aryl methyl sites for hydroxylation is 1. The van der Waals surface area contributed by atoms with Crippen LogP contribution in [0, 0.1) is 11.8 Å². The molecule has 0 N–H and O–H groups in total. The molecule has 2 aliphatic rings. The summed E-state index contributed by atoms with van der Waals surface area (Å²) in [5.41, 5.74) is 1.97. The van der Waals surface area contributed by atoms with Crippen LogP contribution in [0.3, 0.4) is 0 Å². The number of benzene rings is 1. The summed E-state index contributed by atoms with van der Waals surface area (Å²) in [4.78, 5) is 18.2. The van der Waals surface area contributed by atoms with Gasteiger partial charge in [-0.15, -0.1) is 0 Å². The maximum Gasteiger partial charge on any atom is 0.254 e. The highest BCUT2D eigenvalue weighted by Crippen LogP contribution is 2.32. The van der Waals surface area contributed by atoms with Crippen LogP contribution < -0.4 is 0 Å². The molecular weight excluding hydrogens is 322 g/mol. The van der Waals surface area contributed by atoms with Crippen molar-refractivity contribution in [2.24, 2.45) is 18.9 Å². The molecule has 1 aliphatic heterocycles. The lowest BCUT2D eigenvalue weighted by molar-refractivity contribution is 0.0706. The smallest absolute Gasteiger partial charge is 0.254 e. The van der Waals surface area contributed by atoms with E-state index in [0.717, 1.165) is 48.4 Å². The second-order valence-electron chi connectivity index (χ2n) is 8.52. The summed E-state index contributed by atoms with van der Waals surface area (Å²) >= 11 is 0. The first-order chi connectivity index (χ1) is 12.5. The Morgan fingerprint density at radius 1 is 1.19 bits per heavy atom. The molecule has 26 heavy (non-hydrogen) atoms. The van der Waals surface area contributed by atoms with E-state index in [1.165, 1.54) is 19.4 Å². The predicted octanol–water partition coefficient (Wildman–Crippen LogP) is 3.76. The topological polar surface area (TPSA) is 28.5 Å². The van der Waals surface area contributed by atoms with Crippen molar-refractivity contribution in [1.82, 2.24) is 14.4 Å². The lowest BCUT2D eigenvalue weighted by atomic mass is 10.0. The maximum absolute atomic E-state index is 13.4. The molecule has 4 rings (SSSR count). The van der Waals surface area contributed by atoms with Gasteiger partial charge in [0.1, 0.15) is 0 Å². The average Bonchev–Trinajstić information content (AvgIpc) is 3.40. The number of hydrogen-bond donors (Lipinski definition) is 0. The van der Waals surface area contributed by atoms with Gasteiger partial charge >= 0.3 is 0 Å². The van der Waals surface area contributed by atoms with Crippen LogP contribution in [0.5, 0.6) is 0 Å². The molecular formula is C22H31N3O. The van der Waals surface area contributed by atoms with E-state index in [1.54, 1.807) is 0 Å². The van der Waals surface area contributed by atoms with E-state index in [4.69, 9.17) is 0 Å². The highest BCUT2D eigenvalue weighted by atomic mass is 16.2. The fourth-order valence-electron chi connectivity index (χ4n) is 4.40. The third-order valence-corrected chi connectivity index (χ3v) is 6.15. The summed E-state index contributed by atoms with van der Waals surface area (Å²) in [7, 11) is 2.03. The van der Waals surface area contributed by atoms with Gasteiger partial charge in [0.05, 0.1) is 0 Å². The molecule has 140 valence electrons. The molecule has 4 heteroatoms. The van der Waals surface area contributed by atoms with Gasteiger partial charge in [-0.2, -0.15) is 0 Å². The monoisotopic (exact) mass is 353 g/mol. The quantitative estimate of drug-likeness (QED) is 0.837. The number of nitrogens with zero attached hydrogens (tertiary/aromatic N) is 3. The van der Waals surface area contributed by atoms with E-state index >= 15 is 0 Å². The van der Waals surface area contributed by atoms with Crippen molar-refractivity contribution in [2.45, 2.75) is 39.2 Å². The molecule has 2 aromatic rings. The highest BCUT2D eigenvalue weighted by molar-refractivity contribution is 6.06. The Hall–Kier alpha value is -1.81. The third-order valence-electron chi connectivity index (χ3n) is 6.15. The summed E-state index contributed by atoms with van der Waals surface area (Å²) in [5, 5.41) is 1.07. The molecule has 0 bridgehead atoms. The second-order valence-corrected chi connectivity index (χ2v) is 8.52. The van der Waals surface area contributed by atoms with Gasteiger partial charge in [0.15, 0.2) is 0 Å². The third kappa shape index (κ3) is 3.39. The van der Waals surface area contributed by atoms with Crippen molar-refractivity contribution in [1.29, 1.82) is 0 Å². The molecule has 1 atom stereocenters. The first kappa shape index (κ1) is 17.6. The van der Waals surface area contributed by atoms with Gasteiger partial charge in [0, 0.05) is 61.9 Å². The van der Waals surface area contributed by atoms with Crippen molar-refractivity contribution in [3.8, 4) is 0 Å². The van der Waals surface area contributed by atoms with Crippen molar-refractivity contribution in [3.05, 3.63) is 36.0 Å². The van der Waals surface area contributed by atoms with E-state index in [1.807, 2.05) is 25.4 Å². The van der Waals surface area contributed by atoms with Crippen molar-refractivity contribution in [2.75, 3.05) is 26.2 Å². The summed E-state index contributed by atoms with van der Waals surface area (Å²) in [6.45, 7) is 8.67. The Morgan fingerprint density at radius 2 is 2.00 bits per heavy atom. The molecule has 0 spiro atoms. The summed E-state index contributed by atoms with van der Waals surface area (Å²) in [6, 6.07) is 8.62. The molecule has 0 radical (unpaired) electrons. The first-order valence-electron chi connectivity index (χ1n) is 10.1. The van der Waals surface area contributed by atoms with Crippen LogP contribution in [0.4, 0.5) is 0 Å². The number of carbonyl (C=O) groups is 1. The van der Waals surface area contributed by atoms with Crippen molar-refractivity contribution < 1.29 is 4.79 Å². The van der Waals surface area contributed by atoms with Crippen LogP contribution in [0.25, 0.3) is 10.9 Å². The van der Waals surface area contributed by atoms with E-state index in [2.05, 4.69) is 40.3 Å². The molecule has 0 unspecified atom stereocenters. The van der Waals surface area contributed by atoms with E-state index in [0.29, 0.717) is 12.0 Å². The number of aromatic nitrogens is 1. The minimum atomic E-state index is 0.195. The molecule has 1 amide bonds. The van der Waals surface area contributed by atoms with Crippen LogP contribution in [-0.4, -0.2) is 52.5 Å². The van der Waals surface area contributed by atoms with Gasteiger partial charge < -0.3 is 9.47 Å². The second kappa shape index (κ2) is 7.07. The van der Waals surface area contributed by atoms with Crippen LogP contribution in [0.15, 0.2) is 30.5 Å². The van der Waals surface area contributed by atoms with Crippen LogP contribution in [0.2, 0.25) is 0 Å². The number of hydrogen-bond acceptors (Lipinski definition) is 2. The van der Waals surface area contributed by atoms with E-state index < -0.39 is 0 Å². The van der Waals surface area contributed by atoms with Gasteiger partial charge in [0.25, 0.3) is 5.91 Å². The number of amides is 1. The molecule has 2 fully saturated rings. The molecule has 2 heterocycles. The summed E-state index contributed by atoms with van der Waals surface area (Å²) in [5.74, 6) is 1.66. The average molecular weight is 354 g/mol. The maximum atomic E-state index is 13.4. The zero-order valence-electron chi connectivity index (χ0n) is 16.3. The van der Waals surface area contributed by atoms with Crippen LogP contribution >= 0.6 is 0 Å². The highest BCUT2D eigenvalue weighted by Gasteiger charge is 2.33. The predicted molar refractivity (Wildman–Crippen MR) is 106 cm³/mol. The van der Waals surface area contributed by atoms with E-state index in [-0.39, 0.29) is 5.91 Å². The molecule has 1 saturated carbocycles. The van der Waals surface area contributed by atoms with E-state index in [9.17, 15) is 4.79 Å². The molecule has 1 aromatic carbocycles. The lowest BCUT2D eigenvalue weighted by Crippen LogP contribution is -2.46.